The molecule has 0 bridgehead atoms. The minimum Gasteiger partial charge on any atom is -0.495 e. The average Bonchev–Trinajstić information content (AvgIpc) is 3.17. The molecule has 1 aromatic heterocycles. The van der Waals surface area contributed by atoms with Gasteiger partial charge in [-0.25, -0.2) is 8.42 Å². The number of methoxy groups -OCH3 is 1. The molecule has 30 heavy (non-hydrogen) atoms. The normalized spacial score (nSPS) is 19.9. The van der Waals surface area contributed by atoms with Gasteiger partial charge in [-0.05, 0) is 67.9 Å². The van der Waals surface area contributed by atoms with Crippen molar-refractivity contribution in [1.29, 1.82) is 0 Å². The van der Waals surface area contributed by atoms with Crippen LogP contribution in [-0.2, 0) is 22.9 Å². The van der Waals surface area contributed by atoms with Crippen molar-refractivity contribution in [3.63, 3.8) is 0 Å². The summed E-state index contributed by atoms with van der Waals surface area (Å²) in [7, 11) is -2.08. The van der Waals surface area contributed by atoms with E-state index in [4.69, 9.17) is 4.74 Å². The summed E-state index contributed by atoms with van der Waals surface area (Å²) in [5.41, 5.74) is 1.64. The highest BCUT2D eigenvalue weighted by Gasteiger charge is 2.27. The summed E-state index contributed by atoms with van der Waals surface area (Å²) >= 11 is 1.53. The second-order valence-corrected chi connectivity index (χ2v) is 11.3. The monoisotopic (exact) mass is 448 g/mol. The average molecular weight is 449 g/mol. The first kappa shape index (κ1) is 21.3. The molecular weight excluding hydrogens is 420 g/mol. The molecule has 2 aliphatic rings. The Morgan fingerprint density at radius 2 is 1.97 bits per heavy atom. The fourth-order valence-corrected chi connectivity index (χ4v) is 6.85. The molecule has 1 aromatic carbocycles. The first-order valence-electron chi connectivity index (χ1n) is 10.5. The number of fused-ring (bicyclic) bond motifs is 1. The zero-order valence-electron chi connectivity index (χ0n) is 17.4. The van der Waals surface area contributed by atoms with Crippen molar-refractivity contribution in [3.05, 3.63) is 39.6 Å². The van der Waals surface area contributed by atoms with Crippen molar-refractivity contribution in [3.8, 4) is 5.75 Å². The van der Waals surface area contributed by atoms with Crippen LogP contribution in [0.5, 0.6) is 5.75 Å². The standard InChI is InChI=1S/C22H28N2O4S2/c1-15-6-9-20-16(12-15)13-21(29-20)22(25)23-18-14-17(7-8-19(18)28-2)30(26,27)24-10-4-3-5-11-24/h7-8,13-15H,3-6,9-12H2,1-2H3,(H,23,25). The van der Waals surface area contributed by atoms with Crippen LogP contribution in [0.25, 0.3) is 0 Å². The van der Waals surface area contributed by atoms with E-state index in [1.54, 1.807) is 12.1 Å². The van der Waals surface area contributed by atoms with Gasteiger partial charge in [-0.15, -0.1) is 11.3 Å². The molecule has 6 nitrogen and oxygen atoms in total. The van der Waals surface area contributed by atoms with E-state index in [-0.39, 0.29) is 10.8 Å². The second-order valence-electron chi connectivity index (χ2n) is 8.19. The Labute approximate surface area is 182 Å². The van der Waals surface area contributed by atoms with Gasteiger partial charge in [0.05, 0.1) is 22.6 Å². The van der Waals surface area contributed by atoms with Crippen molar-refractivity contribution < 1.29 is 17.9 Å². The molecule has 8 heteroatoms. The van der Waals surface area contributed by atoms with Crippen molar-refractivity contribution in [2.24, 2.45) is 5.92 Å². The molecule has 162 valence electrons. The maximum absolute atomic E-state index is 13.0. The predicted molar refractivity (Wildman–Crippen MR) is 119 cm³/mol. The summed E-state index contributed by atoms with van der Waals surface area (Å²) < 4.78 is 33.0. The third-order valence-corrected chi connectivity index (χ3v) is 9.06. The van der Waals surface area contributed by atoms with Crippen LogP contribution in [0.15, 0.2) is 29.2 Å². The summed E-state index contributed by atoms with van der Waals surface area (Å²) in [4.78, 5) is 15.0. The zero-order chi connectivity index (χ0) is 21.3. The molecule has 0 spiro atoms. The fourth-order valence-electron chi connectivity index (χ4n) is 4.20. The number of piperidine rings is 1. The lowest BCUT2D eigenvalue weighted by atomic mass is 9.90. The minimum absolute atomic E-state index is 0.180. The Bertz CT molecular complexity index is 1040. The first-order valence-corrected chi connectivity index (χ1v) is 12.8. The Balaban J connectivity index is 1.59. The number of thiophene rings is 1. The van der Waals surface area contributed by atoms with Gasteiger partial charge in [0.15, 0.2) is 0 Å². The third-order valence-electron chi connectivity index (χ3n) is 5.92. The number of hydrogen-bond donors (Lipinski definition) is 1. The molecule has 2 aromatic rings. The molecule has 2 heterocycles. The van der Waals surface area contributed by atoms with E-state index in [1.807, 2.05) is 6.07 Å². The topological polar surface area (TPSA) is 75.7 Å². The van der Waals surface area contributed by atoms with E-state index >= 15 is 0 Å². The van der Waals surface area contributed by atoms with Crippen molar-refractivity contribution in [2.45, 2.75) is 50.3 Å². The number of hydrogen-bond acceptors (Lipinski definition) is 5. The molecular formula is C22H28N2O4S2. The smallest absolute Gasteiger partial charge is 0.265 e. The Hall–Kier alpha value is -1.90. The van der Waals surface area contributed by atoms with Gasteiger partial charge in [0.1, 0.15) is 5.75 Å². The summed E-state index contributed by atoms with van der Waals surface area (Å²) in [6.07, 6.45) is 5.98. The molecule has 1 aliphatic heterocycles. The third kappa shape index (κ3) is 4.26. The van der Waals surface area contributed by atoms with Crippen LogP contribution in [0, 0.1) is 5.92 Å². The minimum atomic E-state index is -3.59. The Kier molecular flexibility index (Phi) is 6.18. The fraction of sp³-hybridized carbons (Fsp3) is 0.500. The number of sulfonamides is 1. The summed E-state index contributed by atoms with van der Waals surface area (Å²) in [5.74, 6) is 0.851. The largest absolute Gasteiger partial charge is 0.495 e. The Morgan fingerprint density at radius 3 is 2.70 bits per heavy atom. The number of nitrogens with one attached hydrogen (secondary N) is 1. The number of ether oxygens (including phenoxy) is 1. The molecule has 1 atom stereocenters. The van der Waals surface area contributed by atoms with E-state index in [2.05, 4.69) is 12.2 Å². The molecule has 1 N–H and O–H groups in total. The number of nitrogens with zero attached hydrogens (tertiary/aromatic N) is 1. The lowest BCUT2D eigenvalue weighted by molar-refractivity contribution is 0.103. The summed E-state index contributed by atoms with van der Waals surface area (Å²) in [5, 5.41) is 2.88. The number of benzene rings is 1. The van der Waals surface area contributed by atoms with Gasteiger partial charge >= 0.3 is 0 Å². The maximum Gasteiger partial charge on any atom is 0.265 e. The van der Waals surface area contributed by atoms with Crippen molar-refractivity contribution in [1.82, 2.24) is 4.31 Å². The van der Waals surface area contributed by atoms with E-state index in [0.717, 1.165) is 38.5 Å². The molecule has 1 fully saturated rings. The molecule has 4 rings (SSSR count). The van der Waals surface area contributed by atoms with Gasteiger partial charge in [0.2, 0.25) is 10.0 Å². The molecule has 0 radical (unpaired) electrons. The number of rotatable bonds is 5. The van der Waals surface area contributed by atoms with Crippen LogP contribution < -0.4 is 10.1 Å². The van der Waals surface area contributed by atoms with E-state index in [1.165, 1.54) is 39.3 Å². The van der Waals surface area contributed by atoms with E-state index in [0.29, 0.717) is 35.3 Å². The molecule has 1 saturated heterocycles. The number of aryl methyl sites for hydroxylation is 1. The Morgan fingerprint density at radius 1 is 1.20 bits per heavy atom. The van der Waals surface area contributed by atoms with Crippen LogP contribution in [0.4, 0.5) is 5.69 Å². The molecule has 0 saturated carbocycles. The van der Waals surface area contributed by atoms with Gasteiger partial charge in [0, 0.05) is 18.0 Å². The number of amides is 1. The summed E-state index contributed by atoms with van der Waals surface area (Å²) in [6.45, 7) is 3.31. The number of anilines is 1. The van der Waals surface area contributed by atoms with Crippen LogP contribution in [-0.4, -0.2) is 38.8 Å². The molecule has 1 unspecified atom stereocenters. The maximum atomic E-state index is 13.0. The van der Waals surface area contributed by atoms with Gasteiger partial charge in [0.25, 0.3) is 5.91 Å². The van der Waals surface area contributed by atoms with Gasteiger partial charge in [-0.3, -0.25) is 4.79 Å². The highest BCUT2D eigenvalue weighted by molar-refractivity contribution is 7.89. The lowest BCUT2D eigenvalue weighted by Gasteiger charge is -2.26. The van der Waals surface area contributed by atoms with Crippen LogP contribution >= 0.6 is 11.3 Å². The van der Waals surface area contributed by atoms with E-state index in [9.17, 15) is 13.2 Å². The quantitative estimate of drug-likeness (QED) is 0.740. The van der Waals surface area contributed by atoms with Crippen molar-refractivity contribution in [2.75, 3.05) is 25.5 Å². The second kappa shape index (κ2) is 8.69. The predicted octanol–water partition coefficient (Wildman–Crippen LogP) is 4.31. The number of carbonyl (C=O) groups is 1. The van der Waals surface area contributed by atoms with Crippen LogP contribution in [0.2, 0.25) is 0 Å². The highest BCUT2D eigenvalue weighted by atomic mass is 32.2. The van der Waals surface area contributed by atoms with Gasteiger partial charge in [-0.2, -0.15) is 4.31 Å². The van der Waals surface area contributed by atoms with E-state index < -0.39 is 10.0 Å². The molecule has 1 aliphatic carbocycles. The molecule has 1 amide bonds. The lowest BCUT2D eigenvalue weighted by Crippen LogP contribution is -2.35. The highest BCUT2D eigenvalue weighted by Crippen LogP contribution is 2.34. The van der Waals surface area contributed by atoms with Crippen LogP contribution in [0.1, 0.15) is 52.7 Å². The van der Waals surface area contributed by atoms with Gasteiger partial charge in [-0.1, -0.05) is 13.3 Å². The zero-order valence-corrected chi connectivity index (χ0v) is 19.1. The summed E-state index contributed by atoms with van der Waals surface area (Å²) in [6, 6.07) is 6.64. The van der Waals surface area contributed by atoms with Gasteiger partial charge < -0.3 is 10.1 Å². The first-order chi connectivity index (χ1) is 14.4. The number of carbonyl (C=O) groups excluding carboxylic acids is 1. The van der Waals surface area contributed by atoms with Crippen LogP contribution in [0.3, 0.4) is 0 Å². The van der Waals surface area contributed by atoms with Crippen molar-refractivity contribution >= 4 is 33.0 Å². The SMILES string of the molecule is COc1ccc(S(=O)(=O)N2CCCCC2)cc1NC(=O)c1cc2c(s1)CCC(C)C2.